The minimum atomic E-state index is -0.106. The predicted octanol–water partition coefficient (Wildman–Crippen LogP) is 0.165. The second-order valence-corrected chi connectivity index (χ2v) is 3.47. The van der Waals surface area contributed by atoms with Crippen molar-refractivity contribution in [1.82, 2.24) is 10.1 Å². The van der Waals surface area contributed by atoms with Gasteiger partial charge in [-0.05, 0) is 6.92 Å². The average molecular weight is 229 g/mol. The van der Waals surface area contributed by atoms with Gasteiger partial charge in [-0.25, -0.2) is 0 Å². The molecule has 6 nitrogen and oxygen atoms in total. The second kappa shape index (κ2) is 7.32. The molecule has 0 saturated carbocycles. The van der Waals surface area contributed by atoms with Crippen LogP contribution in [0, 0.1) is 0 Å². The summed E-state index contributed by atoms with van der Waals surface area (Å²) in [5.41, 5.74) is 5.77. The highest BCUT2D eigenvalue weighted by Crippen LogP contribution is 2.01. The maximum atomic E-state index is 5.77. The maximum Gasteiger partial charge on any atom is 0.228 e. The third-order valence-corrected chi connectivity index (χ3v) is 2.00. The predicted molar refractivity (Wildman–Crippen MR) is 58.1 cm³/mol. The molecule has 6 heteroatoms. The molecule has 2 N–H and O–H groups in total. The molecule has 0 aliphatic carbocycles. The van der Waals surface area contributed by atoms with Gasteiger partial charge in [0.1, 0.15) is 0 Å². The highest BCUT2D eigenvalue weighted by atomic mass is 16.5. The van der Waals surface area contributed by atoms with Crippen LogP contribution in [0.1, 0.15) is 18.6 Å². The average Bonchev–Trinajstić information content (AvgIpc) is 2.66. The summed E-state index contributed by atoms with van der Waals surface area (Å²) in [6.45, 7) is 3.74. The normalized spacial score (nSPS) is 12.9. The van der Waals surface area contributed by atoms with Crippen molar-refractivity contribution in [2.24, 2.45) is 5.73 Å². The van der Waals surface area contributed by atoms with Crippen molar-refractivity contribution < 1.29 is 14.0 Å². The second-order valence-electron chi connectivity index (χ2n) is 3.47. The van der Waals surface area contributed by atoms with E-state index in [9.17, 15) is 0 Å². The molecule has 0 amide bonds. The van der Waals surface area contributed by atoms with Crippen LogP contribution in [-0.4, -0.2) is 43.1 Å². The molecule has 1 unspecified atom stereocenters. The van der Waals surface area contributed by atoms with Gasteiger partial charge in [-0.1, -0.05) is 5.16 Å². The van der Waals surface area contributed by atoms with Gasteiger partial charge in [-0.2, -0.15) is 4.98 Å². The van der Waals surface area contributed by atoms with Crippen molar-refractivity contribution in [3.8, 4) is 0 Å². The molecule has 1 aromatic rings. The Morgan fingerprint density at radius 2 is 2.31 bits per heavy atom. The molecule has 0 bridgehead atoms. The number of hydrogen-bond acceptors (Lipinski definition) is 6. The molecule has 92 valence electrons. The van der Waals surface area contributed by atoms with E-state index in [4.69, 9.17) is 19.7 Å². The monoisotopic (exact) mass is 229 g/mol. The molecule has 1 heterocycles. The van der Waals surface area contributed by atoms with Crippen molar-refractivity contribution in [2.75, 3.05) is 26.9 Å². The lowest BCUT2D eigenvalue weighted by atomic mass is 10.2. The number of ether oxygens (including phenoxy) is 2. The summed E-state index contributed by atoms with van der Waals surface area (Å²) in [6, 6.07) is -0.106. The zero-order chi connectivity index (χ0) is 11.8. The van der Waals surface area contributed by atoms with Crippen LogP contribution in [0.4, 0.5) is 0 Å². The number of aromatic nitrogens is 2. The molecule has 0 saturated heterocycles. The van der Waals surface area contributed by atoms with E-state index in [-0.39, 0.29) is 6.04 Å². The first kappa shape index (κ1) is 13.1. The number of methoxy groups -OCH3 is 1. The van der Waals surface area contributed by atoms with E-state index in [1.165, 1.54) is 0 Å². The molecule has 16 heavy (non-hydrogen) atoms. The SMILES string of the molecule is CCOCCc1noc(CC(N)COC)n1. The number of hydrogen-bond donors (Lipinski definition) is 1. The van der Waals surface area contributed by atoms with Gasteiger partial charge in [0.15, 0.2) is 5.82 Å². The third kappa shape index (κ3) is 4.69. The van der Waals surface area contributed by atoms with Crippen molar-refractivity contribution in [1.29, 1.82) is 0 Å². The molecule has 0 aliphatic rings. The molecule has 0 spiro atoms. The Balaban J connectivity index is 2.33. The van der Waals surface area contributed by atoms with Crippen LogP contribution in [0.15, 0.2) is 4.52 Å². The summed E-state index contributed by atoms with van der Waals surface area (Å²) in [5.74, 6) is 1.21. The van der Waals surface area contributed by atoms with Crippen molar-refractivity contribution in [3.63, 3.8) is 0 Å². The molecule has 0 aromatic carbocycles. The van der Waals surface area contributed by atoms with E-state index in [1.54, 1.807) is 7.11 Å². The first-order valence-electron chi connectivity index (χ1n) is 5.40. The van der Waals surface area contributed by atoms with Gasteiger partial charge in [0.25, 0.3) is 0 Å². The van der Waals surface area contributed by atoms with Gasteiger partial charge >= 0.3 is 0 Å². The van der Waals surface area contributed by atoms with Gasteiger partial charge in [-0.15, -0.1) is 0 Å². The largest absolute Gasteiger partial charge is 0.383 e. The van der Waals surface area contributed by atoms with Crippen LogP contribution in [-0.2, 0) is 22.3 Å². The molecular formula is C10H19N3O3. The lowest BCUT2D eigenvalue weighted by Gasteiger charge is -2.05. The van der Waals surface area contributed by atoms with E-state index in [0.29, 0.717) is 44.4 Å². The molecular weight excluding hydrogens is 210 g/mol. The van der Waals surface area contributed by atoms with Crippen LogP contribution in [0.3, 0.4) is 0 Å². The van der Waals surface area contributed by atoms with E-state index < -0.39 is 0 Å². The smallest absolute Gasteiger partial charge is 0.228 e. The fraction of sp³-hybridized carbons (Fsp3) is 0.800. The molecule has 0 fully saturated rings. The van der Waals surface area contributed by atoms with E-state index in [0.717, 1.165) is 0 Å². The first-order valence-corrected chi connectivity index (χ1v) is 5.40. The van der Waals surface area contributed by atoms with E-state index in [2.05, 4.69) is 10.1 Å². The lowest BCUT2D eigenvalue weighted by Crippen LogP contribution is -2.28. The van der Waals surface area contributed by atoms with Gasteiger partial charge < -0.3 is 19.7 Å². The summed E-state index contributed by atoms with van der Waals surface area (Å²) in [6.07, 6.45) is 1.20. The highest BCUT2D eigenvalue weighted by Gasteiger charge is 2.10. The van der Waals surface area contributed by atoms with Crippen LogP contribution in [0.25, 0.3) is 0 Å². The Hall–Kier alpha value is -0.980. The molecule has 1 atom stereocenters. The first-order chi connectivity index (χ1) is 7.76. The summed E-state index contributed by atoms with van der Waals surface area (Å²) >= 11 is 0. The fourth-order valence-electron chi connectivity index (χ4n) is 1.28. The summed E-state index contributed by atoms with van der Waals surface area (Å²) in [4.78, 5) is 4.21. The van der Waals surface area contributed by atoms with Crippen molar-refractivity contribution >= 4 is 0 Å². The fourth-order valence-corrected chi connectivity index (χ4v) is 1.28. The number of nitrogens with two attached hydrogens (primary N) is 1. The zero-order valence-corrected chi connectivity index (χ0v) is 9.81. The number of rotatable bonds is 8. The van der Waals surface area contributed by atoms with Crippen LogP contribution in [0.2, 0.25) is 0 Å². The molecule has 1 aromatic heterocycles. The number of nitrogens with zero attached hydrogens (tertiary/aromatic N) is 2. The van der Waals surface area contributed by atoms with E-state index in [1.807, 2.05) is 6.92 Å². The summed E-state index contributed by atoms with van der Waals surface area (Å²) in [7, 11) is 1.61. The van der Waals surface area contributed by atoms with Gasteiger partial charge in [-0.3, -0.25) is 0 Å². The molecule has 1 rings (SSSR count). The summed E-state index contributed by atoms with van der Waals surface area (Å²) in [5, 5.41) is 3.84. The Morgan fingerprint density at radius 1 is 1.50 bits per heavy atom. The van der Waals surface area contributed by atoms with Gasteiger partial charge in [0.2, 0.25) is 5.89 Å². The van der Waals surface area contributed by atoms with Crippen molar-refractivity contribution in [2.45, 2.75) is 25.8 Å². The standard InChI is InChI=1S/C10H19N3O3/c1-3-15-5-4-9-12-10(16-13-9)6-8(11)7-14-2/h8H,3-7,11H2,1-2H3. The Labute approximate surface area is 95.1 Å². The maximum absolute atomic E-state index is 5.77. The topological polar surface area (TPSA) is 83.4 Å². The van der Waals surface area contributed by atoms with Crippen molar-refractivity contribution in [3.05, 3.63) is 11.7 Å². The Kier molecular flexibility index (Phi) is 5.99. The minimum Gasteiger partial charge on any atom is -0.383 e. The van der Waals surface area contributed by atoms with E-state index >= 15 is 0 Å². The Morgan fingerprint density at radius 3 is 3.00 bits per heavy atom. The summed E-state index contributed by atoms with van der Waals surface area (Å²) < 4.78 is 15.2. The third-order valence-electron chi connectivity index (χ3n) is 2.00. The minimum absolute atomic E-state index is 0.106. The quantitative estimate of drug-likeness (QED) is 0.639. The molecule has 0 radical (unpaired) electrons. The van der Waals surface area contributed by atoms with Crippen LogP contribution in [0.5, 0.6) is 0 Å². The lowest BCUT2D eigenvalue weighted by molar-refractivity contribution is 0.149. The molecule has 0 aliphatic heterocycles. The highest BCUT2D eigenvalue weighted by molar-refractivity contribution is 4.89. The van der Waals surface area contributed by atoms with Gasteiger partial charge in [0, 0.05) is 32.6 Å². The van der Waals surface area contributed by atoms with Gasteiger partial charge in [0.05, 0.1) is 13.2 Å². The Bertz CT molecular complexity index is 291. The zero-order valence-electron chi connectivity index (χ0n) is 9.81. The van der Waals surface area contributed by atoms with Crippen LogP contribution < -0.4 is 5.73 Å². The van der Waals surface area contributed by atoms with Crippen LogP contribution >= 0.6 is 0 Å².